The van der Waals surface area contributed by atoms with E-state index < -0.39 is 0 Å². The van der Waals surface area contributed by atoms with E-state index in [1.807, 2.05) is 23.3 Å². The molecule has 0 bridgehead atoms. The highest BCUT2D eigenvalue weighted by atomic mass is 32.2. The average Bonchev–Trinajstić information content (AvgIpc) is 2.62. The number of pyridine rings is 1. The van der Waals surface area contributed by atoms with Crippen molar-refractivity contribution in [3.8, 4) is 0 Å². The van der Waals surface area contributed by atoms with Gasteiger partial charge in [0.1, 0.15) is 11.1 Å². The summed E-state index contributed by atoms with van der Waals surface area (Å²) in [5.74, 6) is 0.0304. The summed E-state index contributed by atoms with van der Waals surface area (Å²) in [6.07, 6.45) is 3.59. The summed E-state index contributed by atoms with van der Waals surface area (Å²) in [5.41, 5.74) is 3.01. The zero-order valence-electron chi connectivity index (χ0n) is 13.4. The third-order valence-electron chi connectivity index (χ3n) is 4.00. The van der Waals surface area contributed by atoms with Crippen molar-refractivity contribution in [2.24, 2.45) is 0 Å². The molecule has 1 unspecified atom stereocenters. The molecular weight excluding hydrogens is 308 g/mol. The van der Waals surface area contributed by atoms with Crippen LogP contribution in [0.15, 0.2) is 47.6 Å². The van der Waals surface area contributed by atoms with Crippen LogP contribution in [-0.2, 0) is 4.74 Å². The van der Waals surface area contributed by atoms with E-state index in [0.717, 1.165) is 10.6 Å². The lowest BCUT2D eigenvalue weighted by atomic mass is 10.1. The fourth-order valence-corrected chi connectivity index (χ4v) is 3.24. The normalized spacial score (nSPS) is 18.0. The van der Waals surface area contributed by atoms with E-state index in [0.29, 0.717) is 25.3 Å². The molecule has 0 N–H and O–H groups in total. The molecule has 1 aliphatic rings. The van der Waals surface area contributed by atoms with Crippen LogP contribution in [0.4, 0.5) is 0 Å². The van der Waals surface area contributed by atoms with E-state index in [2.05, 4.69) is 36.2 Å². The molecule has 1 fully saturated rings. The van der Waals surface area contributed by atoms with Gasteiger partial charge in [0.25, 0.3) is 5.91 Å². The predicted molar refractivity (Wildman–Crippen MR) is 91.8 cm³/mol. The van der Waals surface area contributed by atoms with Gasteiger partial charge in [0, 0.05) is 12.7 Å². The Hall–Kier alpha value is -1.85. The lowest BCUT2D eigenvalue weighted by molar-refractivity contribution is -0.0229. The first-order chi connectivity index (χ1) is 11.2. The van der Waals surface area contributed by atoms with E-state index in [9.17, 15) is 4.79 Å². The Morgan fingerprint density at radius 1 is 1.30 bits per heavy atom. The summed E-state index contributed by atoms with van der Waals surface area (Å²) in [6.45, 7) is 3.81. The van der Waals surface area contributed by atoms with Crippen molar-refractivity contribution >= 4 is 17.7 Å². The molecule has 120 valence electrons. The van der Waals surface area contributed by atoms with E-state index in [-0.39, 0.29) is 12.0 Å². The molecule has 1 amide bonds. The third kappa shape index (κ3) is 3.57. The van der Waals surface area contributed by atoms with Gasteiger partial charge in [-0.2, -0.15) is 0 Å². The Balaban J connectivity index is 1.78. The van der Waals surface area contributed by atoms with Crippen LogP contribution in [0.3, 0.4) is 0 Å². The van der Waals surface area contributed by atoms with Crippen molar-refractivity contribution in [3.05, 3.63) is 59.3 Å². The highest BCUT2D eigenvalue weighted by Crippen LogP contribution is 2.25. The Kier molecular flexibility index (Phi) is 4.98. The van der Waals surface area contributed by atoms with Gasteiger partial charge in [0.15, 0.2) is 0 Å². The van der Waals surface area contributed by atoms with Crippen molar-refractivity contribution in [2.45, 2.75) is 18.1 Å². The lowest BCUT2D eigenvalue weighted by Crippen LogP contribution is -2.42. The first-order valence-electron chi connectivity index (χ1n) is 7.65. The van der Waals surface area contributed by atoms with Gasteiger partial charge in [0.2, 0.25) is 0 Å². The van der Waals surface area contributed by atoms with Gasteiger partial charge in [-0.05, 0) is 30.9 Å². The van der Waals surface area contributed by atoms with Crippen molar-refractivity contribution < 1.29 is 9.53 Å². The van der Waals surface area contributed by atoms with Gasteiger partial charge < -0.3 is 9.64 Å². The highest BCUT2D eigenvalue weighted by Gasteiger charge is 2.27. The number of nitrogens with zero attached hydrogens (tertiary/aromatic N) is 2. The van der Waals surface area contributed by atoms with Crippen molar-refractivity contribution in [1.29, 1.82) is 0 Å². The minimum atomic E-state index is -0.0669. The van der Waals surface area contributed by atoms with E-state index in [4.69, 9.17) is 4.74 Å². The minimum absolute atomic E-state index is 0.0304. The summed E-state index contributed by atoms with van der Waals surface area (Å²) in [6, 6.07) is 12.0. The number of aryl methyl sites for hydroxylation is 1. The second kappa shape index (κ2) is 7.15. The Morgan fingerprint density at radius 2 is 2.09 bits per heavy atom. The second-order valence-corrected chi connectivity index (χ2v) is 6.38. The zero-order valence-corrected chi connectivity index (χ0v) is 14.2. The number of benzene rings is 1. The molecule has 0 aliphatic carbocycles. The molecule has 2 aromatic rings. The Bertz CT molecular complexity index is 688. The number of hydrogen-bond donors (Lipinski definition) is 0. The number of rotatable bonds is 3. The van der Waals surface area contributed by atoms with Crippen molar-refractivity contribution in [2.75, 3.05) is 26.0 Å². The van der Waals surface area contributed by atoms with Crippen LogP contribution in [-0.4, -0.2) is 41.7 Å². The molecule has 1 aliphatic heterocycles. The lowest BCUT2D eigenvalue weighted by Gasteiger charge is -2.33. The van der Waals surface area contributed by atoms with Gasteiger partial charge in [-0.15, -0.1) is 11.8 Å². The summed E-state index contributed by atoms with van der Waals surface area (Å²) in [4.78, 5) is 19.0. The molecule has 1 aromatic carbocycles. The average molecular weight is 328 g/mol. The largest absolute Gasteiger partial charge is 0.370 e. The van der Waals surface area contributed by atoms with Crippen LogP contribution >= 0.6 is 11.8 Å². The maximum atomic E-state index is 12.8. The van der Waals surface area contributed by atoms with Crippen molar-refractivity contribution in [1.82, 2.24) is 9.88 Å². The molecule has 0 spiro atoms. The maximum absolute atomic E-state index is 12.8. The predicted octanol–water partition coefficient (Wildman–Crippen LogP) is 3.33. The van der Waals surface area contributed by atoms with Crippen LogP contribution in [0.25, 0.3) is 0 Å². The molecular formula is C18H20N2O2S. The standard InChI is InChI=1S/C18H20N2O2S/c1-13-5-7-14(8-6-13)16-12-20(10-11-22-16)18(21)15-4-3-9-19-17(15)23-2/h3-9,16H,10-12H2,1-2H3. The SMILES string of the molecule is CSc1ncccc1C(=O)N1CCOC(c2ccc(C)cc2)C1. The monoisotopic (exact) mass is 328 g/mol. The summed E-state index contributed by atoms with van der Waals surface area (Å²) >= 11 is 1.50. The van der Waals surface area contributed by atoms with Crippen LogP contribution in [0, 0.1) is 6.92 Å². The number of ether oxygens (including phenoxy) is 1. The van der Waals surface area contributed by atoms with Gasteiger partial charge in [-0.25, -0.2) is 4.98 Å². The van der Waals surface area contributed by atoms with Crippen LogP contribution in [0.5, 0.6) is 0 Å². The molecule has 1 aromatic heterocycles. The molecule has 1 atom stereocenters. The third-order valence-corrected chi connectivity index (χ3v) is 4.71. The smallest absolute Gasteiger partial charge is 0.256 e. The number of amides is 1. The van der Waals surface area contributed by atoms with Gasteiger partial charge in [0.05, 0.1) is 18.7 Å². The molecule has 2 heterocycles. The van der Waals surface area contributed by atoms with Crippen molar-refractivity contribution in [3.63, 3.8) is 0 Å². The summed E-state index contributed by atoms with van der Waals surface area (Å²) in [5, 5.41) is 0.774. The second-order valence-electron chi connectivity index (χ2n) is 5.58. The molecule has 1 saturated heterocycles. The van der Waals surface area contributed by atoms with Crippen LogP contribution in [0.2, 0.25) is 0 Å². The van der Waals surface area contributed by atoms with Crippen LogP contribution < -0.4 is 0 Å². The summed E-state index contributed by atoms with van der Waals surface area (Å²) < 4.78 is 5.86. The molecule has 0 radical (unpaired) electrons. The molecule has 4 nitrogen and oxygen atoms in total. The van der Waals surface area contributed by atoms with Gasteiger partial charge in [-0.1, -0.05) is 29.8 Å². The van der Waals surface area contributed by atoms with Crippen LogP contribution in [0.1, 0.15) is 27.6 Å². The first kappa shape index (κ1) is 16.0. The number of morpholine rings is 1. The highest BCUT2D eigenvalue weighted by molar-refractivity contribution is 7.98. The zero-order chi connectivity index (χ0) is 16.2. The maximum Gasteiger partial charge on any atom is 0.256 e. The summed E-state index contributed by atoms with van der Waals surface area (Å²) in [7, 11) is 0. The Morgan fingerprint density at radius 3 is 2.83 bits per heavy atom. The topological polar surface area (TPSA) is 42.4 Å². The van der Waals surface area contributed by atoms with E-state index in [1.54, 1.807) is 6.20 Å². The molecule has 0 saturated carbocycles. The minimum Gasteiger partial charge on any atom is -0.370 e. The number of aromatic nitrogens is 1. The number of thioether (sulfide) groups is 1. The van der Waals surface area contributed by atoms with E-state index >= 15 is 0 Å². The quantitative estimate of drug-likeness (QED) is 0.811. The molecule has 23 heavy (non-hydrogen) atoms. The first-order valence-corrected chi connectivity index (χ1v) is 8.88. The molecule has 5 heteroatoms. The van der Waals surface area contributed by atoms with E-state index in [1.165, 1.54) is 17.3 Å². The fraction of sp³-hybridized carbons (Fsp3) is 0.333. The fourth-order valence-electron chi connectivity index (χ4n) is 2.70. The Labute approximate surface area is 140 Å². The molecule has 3 rings (SSSR count). The van der Waals surface area contributed by atoms with Gasteiger partial charge >= 0.3 is 0 Å². The number of carbonyl (C=O) groups is 1. The van der Waals surface area contributed by atoms with Gasteiger partial charge in [-0.3, -0.25) is 4.79 Å². The number of hydrogen-bond acceptors (Lipinski definition) is 4. The number of carbonyl (C=O) groups excluding carboxylic acids is 1.